The molecule has 2 aromatic rings. The van der Waals surface area contributed by atoms with Crippen molar-refractivity contribution >= 4 is 41.3 Å². The van der Waals surface area contributed by atoms with Crippen molar-refractivity contribution in [3.8, 4) is 5.75 Å². The van der Waals surface area contributed by atoms with E-state index >= 15 is 0 Å². The largest absolute Gasteiger partial charge is 0.573 e. The highest BCUT2D eigenvalue weighted by Gasteiger charge is 2.30. The lowest BCUT2D eigenvalue weighted by atomic mass is 10.00. The molecule has 0 fully saturated rings. The maximum atomic E-state index is 12.3. The Labute approximate surface area is 201 Å². The van der Waals surface area contributed by atoms with Crippen LogP contribution in [-0.2, 0) is 19.4 Å². The number of rotatable bonds is 10. The van der Waals surface area contributed by atoms with Crippen LogP contribution in [0.1, 0.15) is 29.3 Å². The summed E-state index contributed by atoms with van der Waals surface area (Å²) in [6, 6.07) is 5.68. The Morgan fingerprint density at radius 3 is 2.48 bits per heavy atom. The molecule has 0 spiro atoms. The van der Waals surface area contributed by atoms with Crippen LogP contribution in [0.2, 0.25) is 0 Å². The third kappa shape index (κ3) is 10.5. The maximum Gasteiger partial charge on any atom is 0.573 e. The molecule has 0 saturated heterocycles. The van der Waals surface area contributed by atoms with Gasteiger partial charge in [-0.2, -0.15) is 0 Å². The molecule has 1 atom stereocenters. The van der Waals surface area contributed by atoms with Gasteiger partial charge in [0.15, 0.2) is 5.96 Å². The summed E-state index contributed by atoms with van der Waals surface area (Å²) in [4.78, 5) is 10.1. The van der Waals surface area contributed by atoms with Crippen molar-refractivity contribution in [2.75, 3.05) is 19.7 Å². The van der Waals surface area contributed by atoms with Crippen molar-refractivity contribution in [3.63, 3.8) is 0 Å². The Bertz CT molecular complexity index is 800. The third-order valence-electron chi connectivity index (χ3n) is 4.16. The second-order valence-electron chi connectivity index (χ2n) is 6.59. The van der Waals surface area contributed by atoms with E-state index in [9.17, 15) is 18.3 Å². The van der Waals surface area contributed by atoms with Crippen molar-refractivity contribution in [2.45, 2.75) is 39.6 Å². The summed E-state index contributed by atoms with van der Waals surface area (Å²) in [5, 5.41) is 17.0. The van der Waals surface area contributed by atoms with E-state index in [0.717, 1.165) is 17.0 Å². The lowest BCUT2D eigenvalue weighted by Gasteiger charge is -2.18. The number of aliphatic imine (C=N–C) groups is 1. The number of halogens is 4. The topological polar surface area (TPSA) is 78.8 Å². The number of thiazole rings is 1. The summed E-state index contributed by atoms with van der Waals surface area (Å²) in [6.07, 6.45) is -1.40. The number of ether oxygens (including phenoxy) is 1. The van der Waals surface area contributed by atoms with Gasteiger partial charge in [0, 0.05) is 36.7 Å². The molecule has 0 saturated carbocycles. The molecule has 1 heterocycles. The number of benzene rings is 1. The Morgan fingerprint density at radius 2 is 1.94 bits per heavy atom. The average Bonchev–Trinajstić information content (AvgIpc) is 3.17. The Morgan fingerprint density at radius 1 is 1.23 bits per heavy atom. The van der Waals surface area contributed by atoms with Crippen molar-refractivity contribution in [1.29, 1.82) is 0 Å². The molecule has 3 N–H and O–H groups in total. The standard InChI is InChI=1S/C20H27F3N4O2S.HI/c1-3-17-11-25-18(30-17)12-27-19(24-4-2)26-10-15(13-28)9-14-5-7-16(8-6-14)29-20(21,22)23;/h5-8,11,15,28H,3-4,9-10,12-13H2,1-2H3,(H2,24,26,27);1H. The molecule has 0 amide bonds. The molecule has 0 aliphatic carbocycles. The highest BCUT2D eigenvalue weighted by atomic mass is 127. The molecule has 1 aromatic heterocycles. The fraction of sp³-hybridized carbons (Fsp3) is 0.500. The highest BCUT2D eigenvalue weighted by molar-refractivity contribution is 14.0. The smallest absolute Gasteiger partial charge is 0.406 e. The van der Waals surface area contributed by atoms with Crippen molar-refractivity contribution in [3.05, 3.63) is 45.9 Å². The van der Waals surface area contributed by atoms with Crippen LogP contribution in [0.4, 0.5) is 13.2 Å². The third-order valence-corrected chi connectivity index (χ3v) is 5.29. The first-order chi connectivity index (χ1) is 14.3. The molecule has 0 bridgehead atoms. The number of hydrogen-bond donors (Lipinski definition) is 3. The zero-order valence-corrected chi connectivity index (χ0v) is 20.6. The second-order valence-corrected chi connectivity index (χ2v) is 7.79. The zero-order valence-electron chi connectivity index (χ0n) is 17.4. The van der Waals surface area contributed by atoms with Gasteiger partial charge in [-0.15, -0.1) is 48.5 Å². The lowest BCUT2D eigenvalue weighted by molar-refractivity contribution is -0.274. The van der Waals surface area contributed by atoms with E-state index in [4.69, 9.17) is 0 Å². The molecule has 174 valence electrons. The Balaban J connectivity index is 0.00000480. The van der Waals surface area contributed by atoms with Gasteiger partial charge < -0.3 is 20.5 Å². The molecule has 1 aromatic carbocycles. The number of aliphatic hydroxyl groups is 1. The molecule has 0 aliphatic rings. The monoisotopic (exact) mass is 572 g/mol. The Hall–Kier alpha value is -1.60. The van der Waals surface area contributed by atoms with E-state index < -0.39 is 6.36 Å². The number of alkyl halides is 3. The molecule has 2 rings (SSSR count). The number of nitrogens with zero attached hydrogens (tertiary/aromatic N) is 2. The van der Waals surface area contributed by atoms with Crippen LogP contribution in [0.15, 0.2) is 35.5 Å². The van der Waals surface area contributed by atoms with Crippen molar-refractivity contribution < 1.29 is 23.0 Å². The van der Waals surface area contributed by atoms with E-state index in [2.05, 4.69) is 32.3 Å². The van der Waals surface area contributed by atoms with Crippen molar-refractivity contribution in [1.82, 2.24) is 15.6 Å². The molecular formula is C20H28F3IN4O2S. The number of hydrogen-bond acceptors (Lipinski definition) is 5. The summed E-state index contributed by atoms with van der Waals surface area (Å²) in [5.74, 6) is 0.229. The van der Waals surface area contributed by atoms with Gasteiger partial charge in [0.25, 0.3) is 0 Å². The summed E-state index contributed by atoms with van der Waals surface area (Å²) < 4.78 is 40.6. The predicted molar refractivity (Wildman–Crippen MR) is 127 cm³/mol. The molecule has 0 radical (unpaired) electrons. The van der Waals surface area contributed by atoms with Crippen LogP contribution in [-0.4, -0.2) is 42.1 Å². The fourth-order valence-electron chi connectivity index (χ4n) is 2.68. The number of nitrogens with one attached hydrogen (secondary N) is 2. The van der Waals surface area contributed by atoms with Crippen LogP contribution in [0.3, 0.4) is 0 Å². The number of aliphatic hydroxyl groups excluding tert-OH is 1. The van der Waals surface area contributed by atoms with E-state index in [0.29, 0.717) is 32.0 Å². The van der Waals surface area contributed by atoms with Gasteiger partial charge in [-0.25, -0.2) is 9.98 Å². The van der Waals surface area contributed by atoms with E-state index in [1.54, 1.807) is 23.5 Å². The summed E-state index contributed by atoms with van der Waals surface area (Å²) in [5.41, 5.74) is 0.808. The highest BCUT2D eigenvalue weighted by Crippen LogP contribution is 2.23. The molecular weight excluding hydrogens is 544 g/mol. The maximum absolute atomic E-state index is 12.3. The summed E-state index contributed by atoms with van der Waals surface area (Å²) >= 11 is 1.63. The normalized spacial score (nSPS) is 12.8. The van der Waals surface area contributed by atoms with Crippen molar-refractivity contribution in [2.24, 2.45) is 10.9 Å². The van der Waals surface area contributed by atoms with Gasteiger partial charge in [0.1, 0.15) is 10.8 Å². The minimum absolute atomic E-state index is 0. The molecule has 6 nitrogen and oxygen atoms in total. The number of aromatic nitrogens is 1. The first-order valence-corrected chi connectivity index (χ1v) is 10.6. The van der Waals surface area contributed by atoms with Crippen LogP contribution in [0.25, 0.3) is 0 Å². The zero-order chi connectivity index (χ0) is 22.0. The van der Waals surface area contributed by atoms with Crippen LogP contribution < -0.4 is 15.4 Å². The summed E-state index contributed by atoms with van der Waals surface area (Å²) in [6.45, 7) is 5.58. The van der Waals surface area contributed by atoms with Gasteiger partial charge in [0.05, 0.1) is 6.54 Å². The van der Waals surface area contributed by atoms with Crippen LogP contribution in [0.5, 0.6) is 5.75 Å². The number of guanidine groups is 1. The molecule has 31 heavy (non-hydrogen) atoms. The quantitative estimate of drug-likeness (QED) is 0.227. The van der Waals surface area contributed by atoms with Gasteiger partial charge in [-0.3, -0.25) is 0 Å². The van der Waals surface area contributed by atoms with E-state index in [1.807, 2.05) is 13.1 Å². The first kappa shape index (κ1) is 27.4. The Kier molecular flexibility index (Phi) is 12.2. The second kappa shape index (κ2) is 13.7. The van der Waals surface area contributed by atoms with Gasteiger partial charge in [0.2, 0.25) is 0 Å². The predicted octanol–water partition coefficient (Wildman–Crippen LogP) is 4.13. The summed E-state index contributed by atoms with van der Waals surface area (Å²) in [7, 11) is 0. The fourth-order valence-corrected chi connectivity index (χ4v) is 3.46. The van der Waals surface area contributed by atoms with Crippen LogP contribution in [0, 0.1) is 5.92 Å². The van der Waals surface area contributed by atoms with Gasteiger partial charge in [-0.05, 0) is 37.5 Å². The minimum atomic E-state index is -4.71. The van der Waals surface area contributed by atoms with E-state index in [1.165, 1.54) is 17.0 Å². The average molecular weight is 572 g/mol. The van der Waals surface area contributed by atoms with Gasteiger partial charge in [-0.1, -0.05) is 19.1 Å². The first-order valence-electron chi connectivity index (χ1n) is 9.74. The number of aryl methyl sites for hydroxylation is 1. The molecule has 0 aliphatic heterocycles. The minimum Gasteiger partial charge on any atom is -0.406 e. The molecule has 11 heteroatoms. The SMILES string of the molecule is CCNC(=NCc1ncc(CC)s1)NCC(CO)Cc1ccc(OC(F)(F)F)cc1.I. The van der Waals surface area contributed by atoms with Gasteiger partial charge >= 0.3 is 6.36 Å². The lowest BCUT2D eigenvalue weighted by Crippen LogP contribution is -2.40. The van der Waals surface area contributed by atoms with E-state index in [-0.39, 0.29) is 42.3 Å². The van der Waals surface area contributed by atoms with Crippen LogP contribution >= 0.6 is 35.3 Å². The molecule has 1 unspecified atom stereocenters.